The fraction of sp³-hybridized carbons (Fsp3) is 0.250. The van der Waals surface area contributed by atoms with E-state index in [2.05, 4.69) is 4.98 Å². The zero-order chi connectivity index (χ0) is 15.1. The zero-order valence-corrected chi connectivity index (χ0v) is 11.8. The van der Waals surface area contributed by atoms with Gasteiger partial charge in [0.2, 0.25) is 5.95 Å². The van der Waals surface area contributed by atoms with E-state index in [-0.39, 0.29) is 11.6 Å². The molecule has 1 aromatic carbocycles. The third-order valence-corrected chi connectivity index (χ3v) is 3.00. The van der Waals surface area contributed by atoms with E-state index in [0.29, 0.717) is 19.7 Å². The van der Waals surface area contributed by atoms with Crippen molar-refractivity contribution >= 4 is 5.91 Å². The largest absolute Gasteiger partial charge is 0.383 e. The average molecular weight is 288 g/mol. The van der Waals surface area contributed by atoms with Crippen LogP contribution in [0, 0.1) is 5.95 Å². The van der Waals surface area contributed by atoms with Crippen molar-refractivity contribution in [3.05, 3.63) is 65.7 Å². The van der Waals surface area contributed by atoms with E-state index in [4.69, 9.17) is 4.74 Å². The quantitative estimate of drug-likeness (QED) is 0.767. The van der Waals surface area contributed by atoms with Crippen molar-refractivity contribution in [2.45, 2.75) is 6.54 Å². The molecule has 0 N–H and O–H groups in total. The van der Waals surface area contributed by atoms with Crippen LogP contribution in [0.5, 0.6) is 0 Å². The molecule has 2 aromatic rings. The number of halogens is 1. The van der Waals surface area contributed by atoms with Gasteiger partial charge >= 0.3 is 0 Å². The Balaban J connectivity index is 2.17. The number of nitrogens with zero attached hydrogens (tertiary/aromatic N) is 2. The highest BCUT2D eigenvalue weighted by Crippen LogP contribution is 2.09. The predicted molar refractivity (Wildman–Crippen MR) is 77.3 cm³/mol. The third kappa shape index (κ3) is 4.36. The fourth-order valence-electron chi connectivity index (χ4n) is 1.95. The molecule has 1 amide bonds. The minimum absolute atomic E-state index is 0.0991. The lowest BCUT2D eigenvalue weighted by atomic mass is 10.2. The molecular formula is C16H17FN2O2. The highest BCUT2D eigenvalue weighted by atomic mass is 19.1. The topological polar surface area (TPSA) is 42.4 Å². The Labute approximate surface area is 123 Å². The van der Waals surface area contributed by atoms with Crippen LogP contribution < -0.4 is 0 Å². The molecule has 4 nitrogen and oxygen atoms in total. The van der Waals surface area contributed by atoms with Crippen LogP contribution in [0.15, 0.2) is 48.5 Å². The lowest BCUT2D eigenvalue weighted by Gasteiger charge is -2.22. The van der Waals surface area contributed by atoms with Crippen LogP contribution in [0.4, 0.5) is 4.39 Å². The van der Waals surface area contributed by atoms with Crippen molar-refractivity contribution in [2.75, 3.05) is 20.3 Å². The van der Waals surface area contributed by atoms with Crippen molar-refractivity contribution in [3.8, 4) is 0 Å². The molecule has 0 saturated heterocycles. The van der Waals surface area contributed by atoms with Crippen LogP contribution in [0.25, 0.3) is 0 Å². The molecule has 0 fully saturated rings. The van der Waals surface area contributed by atoms with E-state index in [1.807, 2.05) is 30.3 Å². The highest BCUT2D eigenvalue weighted by molar-refractivity contribution is 5.92. The molecule has 0 saturated carbocycles. The number of hydrogen-bond acceptors (Lipinski definition) is 3. The van der Waals surface area contributed by atoms with Crippen LogP contribution in [0.2, 0.25) is 0 Å². The third-order valence-electron chi connectivity index (χ3n) is 3.00. The molecule has 2 rings (SSSR count). The van der Waals surface area contributed by atoms with Crippen molar-refractivity contribution in [2.24, 2.45) is 0 Å². The summed E-state index contributed by atoms with van der Waals surface area (Å²) < 4.78 is 18.2. The summed E-state index contributed by atoms with van der Waals surface area (Å²) in [6.45, 7) is 1.26. The minimum Gasteiger partial charge on any atom is -0.383 e. The second kappa shape index (κ2) is 7.50. The Morgan fingerprint density at radius 3 is 2.62 bits per heavy atom. The molecule has 0 spiro atoms. The number of carbonyl (C=O) groups excluding carboxylic acids is 1. The molecule has 0 bridgehead atoms. The number of hydrogen-bond donors (Lipinski definition) is 0. The van der Waals surface area contributed by atoms with Crippen molar-refractivity contribution in [3.63, 3.8) is 0 Å². The van der Waals surface area contributed by atoms with E-state index < -0.39 is 5.95 Å². The summed E-state index contributed by atoms with van der Waals surface area (Å²) in [7, 11) is 1.58. The standard InChI is InChI=1S/C16H17FN2O2/c1-21-11-10-19(12-13-6-3-2-4-7-13)16(20)14-8-5-9-15(17)18-14/h2-9H,10-12H2,1H3. The van der Waals surface area contributed by atoms with Crippen LogP contribution in [0.3, 0.4) is 0 Å². The van der Waals surface area contributed by atoms with Gasteiger partial charge in [-0.15, -0.1) is 0 Å². The number of ether oxygens (including phenoxy) is 1. The number of pyridine rings is 1. The lowest BCUT2D eigenvalue weighted by molar-refractivity contribution is 0.0673. The van der Waals surface area contributed by atoms with Gasteiger partial charge in [-0.05, 0) is 17.7 Å². The van der Waals surface area contributed by atoms with Gasteiger partial charge in [0.1, 0.15) is 5.69 Å². The first kappa shape index (κ1) is 15.1. The molecule has 0 atom stereocenters. The van der Waals surface area contributed by atoms with Gasteiger partial charge in [0.15, 0.2) is 0 Å². The number of methoxy groups -OCH3 is 1. The Morgan fingerprint density at radius 1 is 1.19 bits per heavy atom. The van der Waals surface area contributed by atoms with Gasteiger partial charge in [-0.2, -0.15) is 4.39 Å². The Kier molecular flexibility index (Phi) is 5.40. The first-order valence-corrected chi connectivity index (χ1v) is 6.65. The van der Waals surface area contributed by atoms with Gasteiger partial charge in [-0.25, -0.2) is 4.98 Å². The molecule has 1 heterocycles. The molecule has 21 heavy (non-hydrogen) atoms. The van der Waals surface area contributed by atoms with Crippen molar-refractivity contribution < 1.29 is 13.9 Å². The summed E-state index contributed by atoms with van der Waals surface area (Å²) in [5, 5.41) is 0. The van der Waals surface area contributed by atoms with Crippen molar-refractivity contribution in [1.82, 2.24) is 9.88 Å². The van der Waals surface area contributed by atoms with Crippen LogP contribution in [-0.4, -0.2) is 36.1 Å². The molecule has 0 aliphatic rings. The Morgan fingerprint density at radius 2 is 1.95 bits per heavy atom. The van der Waals surface area contributed by atoms with Gasteiger partial charge in [0.05, 0.1) is 6.61 Å². The molecular weight excluding hydrogens is 271 g/mol. The first-order chi connectivity index (χ1) is 10.2. The summed E-state index contributed by atoms with van der Waals surface area (Å²) in [6.07, 6.45) is 0. The SMILES string of the molecule is COCCN(Cc1ccccc1)C(=O)c1cccc(F)n1. The number of rotatable bonds is 6. The summed E-state index contributed by atoms with van der Waals surface area (Å²) in [6, 6.07) is 13.8. The van der Waals surface area contributed by atoms with Crippen LogP contribution in [0.1, 0.15) is 16.1 Å². The predicted octanol–water partition coefficient (Wildman–Crippen LogP) is 2.51. The van der Waals surface area contributed by atoms with Crippen molar-refractivity contribution in [1.29, 1.82) is 0 Å². The Bertz CT molecular complexity index is 590. The van der Waals surface area contributed by atoms with Gasteiger partial charge in [0, 0.05) is 20.2 Å². The number of carbonyl (C=O) groups is 1. The molecule has 0 aliphatic heterocycles. The monoisotopic (exact) mass is 288 g/mol. The number of aromatic nitrogens is 1. The average Bonchev–Trinajstić information content (AvgIpc) is 2.51. The molecule has 110 valence electrons. The second-order valence-electron chi connectivity index (χ2n) is 4.55. The maximum atomic E-state index is 13.2. The molecule has 0 radical (unpaired) electrons. The highest BCUT2D eigenvalue weighted by Gasteiger charge is 2.17. The summed E-state index contributed by atoms with van der Waals surface area (Å²) in [4.78, 5) is 17.7. The van der Waals surface area contributed by atoms with E-state index in [9.17, 15) is 9.18 Å². The number of amides is 1. The normalized spacial score (nSPS) is 10.4. The molecule has 1 aromatic heterocycles. The summed E-state index contributed by atoms with van der Waals surface area (Å²) in [5.74, 6) is -0.970. The summed E-state index contributed by atoms with van der Waals surface area (Å²) in [5.41, 5.74) is 1.10. The van der Waals surface area contributed by atoms with E-state index in [1.165, 1.54) is 18.2 Å². The van der Waals surface area contributed by atoms with Gasteiger partial charge in [0.25, 0.3) is 5.91 Å². The lowest BCUT2D eigenvalue weighted by Crippen LogP contribution is -2.34. The molecule has 5 heteroatoms. The summed E-state index contributed by atoms with van der Waals surface area (Å²) >= 11 is 0. The maximum absolute atomic E-state index is 13.2. The number of benzene rings is 1. The fourth-order valence-corrected chi connectivity index (χ4v) is 1.95. The van der Waals surface area contributed by atoms with Gasteiger partial charge < -0.3 is 9.64 Å². The van der Waals surface area contributed by atoms with Gasteiger partial charge in [-0.1, -0.05) is 36.4 Å². The zero-order valence-electron chi connectivity index (χ0n) is 11.8. The van der Waals surface area contributed by atoms with E-state index in [0.717, 1.165) is 5.56 Å². The van der Waals surface area contributed by atoms with Crippen LogP contribution in [-0.2, 0) is 11.3 Å². The minimum atomic E-state index is -0.660. The maximum Gasteiger partial charge on any atom is 0.272 e. The first-order valence-electron chi connectivity index (χ1n) is 6.65. The van der Waals surface area contributed by atoms with Gasteiger partial charge in [-0.3, -0.25) is 4.79 Å². The second-order valence-corrected chi connectivity index (χ2v) is 4.55. The van der Waals surface area contributed by atoms with E-state index in [1.54, 1.807) is 12.0 Å². The smallest absolute Gasteiger partial charge is 0.272 e. The Hall–Kier alpha value is -2.27. The molecule has 0 unspecified atom stereocenters. The van der Waals surface area contributed by atoms with Crippen LogP contribution >= 0.6 is 0 Å². The molecule has 0 aliphatic carbocycles. The van der Waals surface area contributed by atoms with E-state index >= 15 is 0 Å².